The van der Waals surface area contributed by atoms with Gasteiger partial charge in [0.2, 0.25) is 5.76 Å². The number of aromatic nitrogens is 1. The molecule has 44 heavy (non-hydrogen) atoms. The van der Waals surface area contributed by atoms with Gasteiger partial charge in [-0.15, -0.1) is 0 Å². The molecule has 3 heterocycles. The first kappa shape index (κ1) is 28.9. The van der Waals surface area contributed by atoms with Crippen LogP contribution in [0.5, 0.6) is 11.5 Å². The van der Waals surface area contributed by atoms with Gasteiger partial charge >= 0.3 is 5.97 Å². The minimum Gasteiger partial charge on any atom is -0.493 e. The van der Waals surface area contributed by atoms with Gasteiger partial charge in [-0.05, 0) is 77.9 Å². The minimum atomic E-state index is -0.556. The smallest absolute Gasteiger partial charge is 0.373 e. The summed E-state index contributed by atoms with van der Waals surface area (Å²) in [7, 11) is 2.84. The number of nitrogens with zero attached hydrogens (tertiary/aromatic N) is 2. The number of nitrogens with one attached hydrogen (secondary N) is 1. The topological polar surface area (TPSA) is 106 Å². The second-order valence-electron chi connectivity index (χ2n) is 9.86. The normalized spacial score (nSPS) is 15.0. The molecular weight excluding hydrogens is 578 g/mol. The van der Waals surface area contributed by atoms with Gasteiger partial charge in [-0.25, -0.2) is 9.79 Å². The first-order valence-corrected chi connectivity index (χ1v) is 14.7. The van der Waals surface area contributed by atoms with Crippen LogP contribution in [0.3, 0.4) is 0 Å². The summed E-state index contributed by atoms with van der Waals surface area (Å²) in [4.78, 5) is 35.8. The van der Waals surface area contributed by atoms with E-state index in [0.717, 1.165) is 27.7 Å². The summed E-state index contributed by atoms with van der Waals surface area (Å²) in [5, 5.41) is 1.78. The van der Waals surface area contributed by atoms with Crippen molar-refractivity contribution in [2.45, 2.75) is 13.0 Å². The Bertz CT molecular complexity index is 1870. The highest BCUT2D eigenvalue weighted by molar-refractivity contribution is 8.18. The molecule has 0 atom stereocenters. The molecule has 0 spiro atoms. The molecule has 1 amide bonds. The minimum absolute atomic E-state index is 0.0901. The lowest BCUT2D eigenvalue weighted by Gasteiger charge is -2.15. The molecule has 9 nitrogen and oxygen atoms in total. The van der Waals surface area contributed by atoms with Crippen LogP contribution in [-0.4, -0.2) is 47.7 Å². The number of fused-ring (bicyclic) bond motifs is 1. The summed E-state index contributed by atoms with van der Waals surface area (Å²) in [6.45, 7) is 0.573. The van der Waals surface area contributed by atoms with Crippen LogP contribution in [-0.2, 0) is 22.6 Å². The van der Waals surface area contributed by atoms with E-state index in [1.165, 1.54) is 24.9 Å². The van der Waals surface area contributed by atoms with Crippen LogP contribution in [0.4, 0.5) is 5.69 Å². The van der Waals surface area contributed by atoms with Gasteiger partial charge < -0.3 is 23.6 Å². The number of furan rings is 1. The van der Waals surface area contributed by atoms with Crippen LogP contribution < -0.4 is 9.47 Å². The van der Waals surface area contributed by atoms with Crippen LogP contribution in [0.2, 0.25) is 0 Å². The van der Waals surface area contributed by atoms with E-state index < -0.39 is 5.97 Å². The highest BCUT2D eigenvalue weighted by Gasteiger charge is 2.33. The van der Waals surface area contributed by atoms with E-state index in [2.05, 4.69) is 15.8 Å². The Morgan fingerprint density at radius 1 is 1.00 bits per heavy atom. The van der Waals surface area contributed by atoms with E-state index in [4.69, 9.17) is 18.9 Å². The summed E-state index contributed by atoms with van der Waals surface area (Å²) < 4.78 is 21.6. The molecule has 6 rings (SSSR count). The maximum absolute atomic E-state index is 13.7. The predicted molar refractivity (Wildman–Crippen MR) is 170 cm³/mol. The molecule has 0 bridgehead atoms. The third-order valence-electron chi connectivity index (χ3n) is 7.05. The van der Waals surface area contributed by atoms with E-state index in [9.17, 15) is 9.59 Å². The van der Waals surface area contributed by atoms with Crippen molar-refractivity contribution in [2.24, 2.45) is 4.99 Å². The second-order valence-corrected chi connectivity index (χ2v) is 10.9. The van der Waals surface area contributed by atoms with Crippen molar-refractivity contribution in [2.75, 3.05) is 20.8 Å². The number of H-pyrrole nitrogens is 1. The number of aliphatic imine (C=N–C) groups is 1. The highest BCUT2D eigenvalue weighted by atomic mass is 32.2. The molecule has 2 aromatic heterocycles. The Balaban J connectivity index is 1.22. The molecule has 5 aromatic rings. The average Bonchev–Trinajstić information content (AvgIpc) is 3.77. The van der Waals surface area contributed by atoms with Gasteiger partial charge in [0.1, 0.15) is 12.4 Å². The maximum Gasteiger partial charge on any atom is 0.373 e. The lowest BCUT2D eigenvalue weighted by atomic mass is 10.1. The number of thioether (sulfide) groups is 1. The Morgan fingerprint density at radius 2 is 1.82 bits per heavy atom. The van der Waals surface area contributed by atoms with Crippen molar-refractivity contribution in [1.82, 2.24) is 9.88 Å². The third kappa shape index (κ3) is 6.25. The molecule has 0 unspecified atom stereocenters. The number of amides is 1. The second kappa shape index (κ2) is 13.0. The monoisotopic (exact) mass is 607 g/mol. The van der Waals surface area contributed by atoms with Gasteiger partial charge in [0.25, 0.3) is 5.91 Å². The zero-order valence-electron chi connectivity index (χ0n) is 24.1. The van der Waals surface area contributed by atoms with Crippen LogP contribution in [0.25, 0.3) is 17.0 Å². The number of esters is 1. The molecule has 3 aromatic carbocycles. The Labute approximate surface area is 258 Å². The highest BCUT2D eigenvalue weighted by Crippen LogP contribution is 2.36. The van der Waals surface area contributed by atoms with Gasteiger partial charge in [0, 0.05) is 23.6 Å². The Kier molecular flexibility index (Phi) is 8.51. The number of amidine groups is 1. The Hall–Kier alpha value is -5.22. The summed E-state index contributed by atoms with van der Waals surface area (Å²) in [6, 6.07) is 26.4. The molecule has 1 fully saturated rings. The number of carbonyl (C=O) groups excluding carboxylic acids is 2. The maximum atomic E-state index is 13.7. The lowest BCUT2D eigenvalue weighted by molar-refractivity contribution is -0.122. The van der Waals surface area contributed by atoms with Crippen LogP contribution >= 0.6 is 11.8 Å². The van der Waals surface area contributed by atoms with Gasteiger partial charge in [-0.1, -0.05) is 42.5 Å². The number of carbonyl (C=O) groups is 2. The molecule has 1 saturated heterocycles. The Morgan fingerprint density at radius 3 is 2.64 bits per heavy atom. The SMILES string of the molecule is COC(=O)c1ccc(COc2ccc(C=C3SC(=Nc4ccccc4)N(CCc4c[nH]c5ccccc45)C3=O)cc2OC)o1. The van der Waals surface area contributed by atoms with E-state index in [-0.39, 0.29) is 18.3 Å². The van der Waals surface area contributed by atoms with Crippen molar-refractivity contribution in [3.63, 3.8) is 0 Å². The van der Waals surface area contributed by atoms with Crippen molar-refractivity contribution in [3.8, 4) is 11.5 Å². The van der Waals surface area contributed by atoms with Crippen molar-refractivity contribution < 1.29 is 28.2 Å². The van der Waals surface area contributed by atoms with Crippen LogP contribution in [0.1, 0.15) is 27.4 Å². The number of methoxy groups -OCH3 is 2. The van der Waals surface area contributed by atoms with Gasteiger partial charge in [-0.2, -0.15) is 0 Å². The first-order valence-electron chi connectivity index (χ1n) is 13.9. The average molecular weight is 608 g/mol. The van der Waals surface area contributed by atoms with E-state index in [1.807, 2.05) is 66.9 Å². The van der Waals surface area contributed by atoms with Crippen molar-refractivity contribution in [1.29, 1.82) is 0 Å². The number of aromatic amines is 1. The zero-order valence-corrected chi connectivity index (χ0v) is 24.9. The fourth-order valence-corrected chi connectivity index (χ4v) is 5.86. The van der Waals surface area contributed by atoms with E-state index in [0.29, 0.717) is 40.3 Å². The van der Waals surface area contributed by atoms with Crippen LogP contribution in [0, 0.1) is 0 Å². The van der Waals surface area contributed by atoms with Gasteiger partial charge in [0.15, 0.2) is 16.7 Å². The summed E-state index contributed by atoms with van der Waals surface area (Å²) in [5.74, 6) is 0.878. The number of benzene rings is 3. The largest absolute Gasteiger partial charge is 0.493 e. The van der Waals surface area contributed by atoms with Gasteiger partial charge in [-0.3, -0.25) is 9.69 Å². The molecule has 1 N–H and O–H groups in total. The molecule has 1 aliphatic rings. The fraction of sp³-hybridized carbons (Fsp3) is 0.147. The molecular formula is C34H29N3O6S. The molecule has 0 saturated carbocycles. The molecule has 10 heteroatoms. The van der Waals surface area contributed by atoms with Crippen molar-refractivity contribution >= 4 is 51.5 Å². The van der Waals surface area contributed by atoms with Crippen molar-refractivity contribution in [3.05, 3.63) is 119 Å². The number of rotatable bonds is 10. The lowest BCUT2D eigenvalue weighted by Crippen LogP contribution is -2.31. The number of hydrogen-bond donors (Lipinski definition) is 1. The molecule has 0 radical (unpaired) electrons. The summed E-state index contributed by atoms with van der Waals surface area (Å²) in [5.41, 5.74) is 3.76. The number of para-hydroxylation sites is 2. The zero-order chi connectivity index (χ0) is 30.5. The number of ether oxygens (including phenoxy) is 3. The fourth-order valence-electron chi connectivity index (χ4n) is 4.83. The molecule has 222 valence electrons. The standard InChI is InChI=1S/C34H29N3O6S/c1-40-30-18-22(12-14-28(30)42-21-25-13-15-29(43-25)33(39)41-2)19-31-32(38)37(34(44-31)36-24-8-4-3-5-9-24)17-16-23-20-35-27-11-7-6-10-26(23)27/h3-15,18-20,35H,16-17,21H2,1-2H3. The van der Waals surface area contributed by atoms with E-state index >= 15 is 0 Å². The quantitative estimate of drug-likeness (QED) is 0.135. The van der Waals surface area contributed by atoms with Crippen LogP contribution in [0.15, 0.2) is 105 Å². The van der Waals surface area contributed by atoms with E-state index in [1.54, 1.807) is 30.2 Å². The molecule has 0 aliphatic carbocycles. The van der Waals surface area contributed by atoms with Gasteiger partial charge in [0.05, 0.1) is 24.8 Å². The summed E-state index contributed by atoms with van der Waals surface area (Å²) in [6.07, 6.45) is 4.51. The predicted octanol–water partition coefficient (Wildman–Crippen LogP) is 6.98. The first-order chi connectivity index (χ1) is 21.5. The molecule has 1 aliphatic heterocycles. The summed E-state index contributed by atoms with van der Waals surface area (Å²) >= 11 is 1.35. The number of hydrogen-bond acceptors (Lipinski definition) is 8. The third-order valence-corrected chi connectivity index (χ3v) is 8.06.